The summed E-state index contributed by atoms with van der Waals surface area (Å²) in [5.41, 5.74) is 1.81. The second-order valence-electron chi connectivity index (χ2n) is 6.87. The third kappa shape index (κ3) is 3.89. The van der Waals surface area contributed by atoms with Crippen LogP contribution in [0, 0.1) is 0 Å². The highest BCUT2D eigenvalue weighted by Crippen LogP contribution is 2.31. The molecule has 0 radical (unpaired) electrons. The maximum absolute atomic E-state index is 12.3. The van der Waals surface area contributed by atoms with Gasteiger partial charge in [-0.25, -0.2) is 9.97 Å². The van der Waals surface area contributed by atoms with E-state index in [0.29, 0.717) is 11.8 Å². The Morgan fingerprint density at radius 2 is 1.76 bits per heavy atom. The molecule has 1 amide bonds. The van der Waals surface area contributed by atoms with Crippen LogP contribution in [0.2, 0.25) is 0 Å². The van der Waals surface area contributed by atoms with E-state index < -0.39 is 0 Å². The predicted octanol–water partition coefficient (Wildman–Crippen LogP) is 3.38. The smallest absolute Gasteiger partial charge is 0.230 e. The minimum Gasteiger partial charge on any atom is -0.354 e. The van der Waals surface area contributed by atoms with Crippen LogP contribution >= 0.6 is 11.8 Å². The van der Waals surface area contributed by atoms with Crippen molar-refractivity contribution in [3.05, 3.63) is 24.3 Å². The number of anilines is 1. The number of para-hydroxylation sites is 2. The van der Waals surface area contributed by atoms with E-state index in [4.69, 9.17) is 9.97 Å². The SMILES string of the molecule is O=C(CSc1nc2ccccc2nc1N1CCCC1)NC1CCCC1. The second-order valence-corrected chi connectivity index (χ2v) is 7.84. The molecule has 2 fully saturated rings. The molecule has 0 atom stereocenters. The zero-order chi connectivity index (χ0) is 17.1. The highest BCUT2D eigenvalue weighted by atomic mass is 32.2. The van der Waals surface area contributed by atoms with E-state index in [1.807, 2.05) is 24.3 Å². The molecule has 2 aliphatic rings. The maximum Gasteiger partial charge on any atom is 0.230 e. The van der Waals surface area contributed by atoms with Crippen LogP contribution in [0.4, 0.5) is 5.82 Å². The third-order valence-corrected chi connectivity index (χ3v) is 5.94. The lowest BCUT2D eigenvalue weighted by atomic mass is 10.2. The zero-order valence-corrected chi connectivity index (χ0v) is 15.2. The Balaban J connectivity index is 1.52. The Bertz CT molecular complexity index is 754. The van der Waals surface area contributed by atoms with E-state index in [0.717, 1.165) is 47.8 Å². The van der Waals surface area contributed by atoms with Crippen molar-refractivity contribution in [2.45, 2.75) is 49.6 Å². The summed E-state index contributed by atoms with van der Waals surface area (Å²) in [6, 6.07) is 8.33. The van der Waals surface area contributed by atoms with Crippen LogP contribution in [0.3, 0.4) is 0 Å². The third-order valence-electron chi connectivity index (χ3n) is 4.99. The fraction of sp³-hybridized carbons (Fsp3) is 0.526. The molecular weight excluding hydrogens is 332 g/mol. The lowest BCUT2D eigenvalue weighted by Crippen LogP contribution is -2.33. The first-order chi connectivity index (χ1) is 12.3. The molecule has 2 aromatic rings. The standard InChI is InChI=1S/C19H24N4OS/c24-17(20-14-7-1-2-8-14)13-25-19-18(23-11-5-6-12-23)21-15-9-3-4-10-16(15)22-19/h3-4,9-10,14H,1-2,5-8,11-13H2,(H,20,24). The molecule has 0 spiro atoms. The molecule has 2 heterocycles. The number of thioether (sulfide) groups is 1. The highest BCUT2D eigenvalue weighted by molar-refractivity contribution is 8.00. The van der Waals surface area contributed by atoms with Crippen molar-refractivity contribution in [3.63, 3.8) is 0 Å². The average Bonchev–Trinajstić information content (AvgIpc) is 3.33. The van der Waals surface area contributed by atoms with Crippen molar-refractivity contribution in [2.75, 3.05) is 23.7 Å². The molecule has 1 N–H and O–H groups in total. The number of carbonyl (C=O) groups is 1. The summed E-state index contributed by atoms with van der Waals surface area (Å²) in [6.07, 6.45) is 7.08. The van der Waals surface area contributed by atoms with Gasteiger partial charge in [0.1, 0.15) is 5.03 Å². The second kappa shape index (κ2) is 7.60. The average molecular weight is 356 g/mol. The Labute approximate surface area is 152 Å². The lowest BCUT2D eigenvalue weighted by molar-refractivity contribution is -0.119. The molecule has 0 unspecified atom stereocenters. The van der Waals surface area contributed by atoms with Gasteiger partial charge in [0.2, 0.25) is 5.91 Å². The van der Waals surface area contributed by atoms with Gasteiger partial charge in [-0.1, -0.05) is 36.7 Å². The van der Waals surface area contributed by atoms with Gasteiger partial charge >= 0.3 is 0 Å². The predicted molar refractivity (Wildman–Crippen MR) is 102 cm³/mol. The maximum atomic E-state index is 12.3. The number of nitrogens with one attached hydrogen (secondary N) is 1. The molecule has 1 aromatic heterocycles. The Hall–Kier alpha value is -1.82. The van der Waals surface area contributed by atoms with Crippen molar-refractivity contribution >= 4 is 34.5 Å². The van der Waals surface area contributed by atoms with Crippen molar-refractivity contribution in [2.24, 2.45) is 0 Å². The molecule has 5 nitrogen and oxygen atoms in total. The molecule has 25 heavy (non-hydrogen) atoms. The number of rotatable bonds is 5. The molecule has 1 saturated carbocycles. The van der Waals surface area contributed by atoms with E-state index in [1.54, 1.807) is 0 Å². The molecule has 6 heteroatoms. The monoisotopic (exact) mass is 356 g/mol. The zero-order valence-electron chi connectivity index (χ0n) is 14.4. The first-order valence-electron chi connectivity index (χ1n) is 9.23. The van der Waals surface area contributed by atoms with Crippen molar-refractivity contribution < 1.29 is 4.79 Å². The van der Waals surface area contributed by atoms with Crippen LogP contribution < -0.4 is 10.2 Å². The molecule has 132 valence electrons. The van der Waals surface area contributed by atoms with Gasteiger partial charge in [0.15, 0.2) is 5.82 Å². The van der Waals surface area contributed by atoms with Gasteiger partial charge in [-0.3, -0.25) is 4.79 Å². The quantitative estimate of drug-likeness (QED) is 0.832. The molecular formula is C19H24N4OS. The molecule has 1 saturated heterocycles. The highest BCUT2D eigenvalue weighted by Gasteiger charge is 2.21. The van der Waals surface area contributed by atoms with E-state index in [2.05, 4.69) is 10.2 Å². The number of hydrogen-bond acceptors (Lipinski definition) is 5. The number of fused-ring (bicyclic) bond motifs is 1. The van der Waals surface area contributed by atoms with Crippen molar-refractivity contribution in [1.29, 1.82) is 0 Å². The van der Waals surface area contributed by atoms with Gasteiger partial charge in [-0.15, -0.1) is 0 Å². The lowest BCUT2D eigenvalue weighted by Gasteiger charge is -2.19. The van der Waals surface area contributed by atoms with Gasteiger partial charge < -0.3 is 10.2 Å². The number of aromatic nitrogens is 2. The number of benzene rings is 1. The summed E-state index contributed by atoms with van der Waals surface area (Å²) >= 11 is 1.51. The van der Waals surface area contributed by atoms with Crippen LogP contribution in [0.25, 0.3) is 11.0 Å². The Morgan fingerprint density at radius 1 is 1.08 bits per heavy atom. The van der Waals surface area contributed by atoms with E-state index in [-0.39, 0.29) is 5.91 Å². The van der Waals surface area contributed by atoms with Gasteiger partial charge in [-0.05, 0) is 37.8 Å². The van der Waals surface area contributed by atoms with Gasteiger partial charge in [0.25, 0.3) is 0 Å². The number of carbonyl (C=O) groups excluding carboxylic acids is 1. The van der Waals surface area contributed by atoms with Crippen LogP contribution in [0.1, 0.15) is 38.5 Å². The number of amides is 1. The van der Waals surface area contributed by atoms with Gasteiger partial charge in [-0.2, -0.15) is 0 Å². The fourth-order valence-corrected chi connectivity index (χ4v) is 4.50. The summed E-state index contributed by atoms with van der Waals surface area (Å²) in [5.74, 6) is 1.46. The Morgan fingerprint density at radius 3 is 2.48 bits per heavy atom. The summed E-state index contributed by atoms with van der Waals surface area (Å²) in [5, 5.41) is 4.03. The van der Waals surface area contributed by atoms with E-state index >= 15 is 0 Å². The molecule has 1 aliphatic carbocycles. The van der Waals surface area contributed by atoms with Crippen molar-refractivity contribution in [1.82, 2.24) is 15.3 Å². The number of nitrogens with zero attached hydrogens (tertiary/aromatic N) is 3. The van der Waals surface area contributed by atoms with Crippen LogP contribution in [0.15, 0.2) is 29.3 Å². The van der Waals surface area contributed by atoms with Crippen LogP contribution in [0.5, 0.6) is 0 Å². The molecule has 0 bridgehead atoms. The van der Waals surface area contributed by atoms with Gasteiger partial charge in [0.05, 0.1) is 16.8 Å². The summed E-state index contributed by atoms with van der Waals surface area (Å²) < 4.78 is 0. The largest absolute Gasteiger partial charge is 0.354 e. The summed E-state index contributed by atoms with van der Waals surface area (Å²) in [4.78, 5) is 24.2. The summed E-state index contributed by atoms with van der Waals surface area (Å²) in [6.45, 7) is 2.05. The fourth-order valence-electron chi connectivity index (χ4n) is 3.68. The molecule has 4 rings (SSSR count). The Kier molecular flexibility index (Phi) is 5.06. The first-order valence-corrected chi connectivity index (χ1v) is 10.2. The van der Waals surface area contributed by atoms with Gasteiger partial charge in [0, 0.05) is 19.1 Å². The first kappa shape index (κ1) is 16.6. The summed E-state index contributed by atoms with van der Waals surface area (Å²) in [7, 11) is 0. The topological polar surface area (TPSA) is 58.1 Å². The minimum absolute atomic E-state index is 0.110. The number of hydrogen-bond donors (Lipinski definition) is 1. The van der Waals surface area contributed by atoms with Crippen LogP contribution in [-0.2, 0) is 4.79 Å². The molecule has 1 aromatic carbocycles. The minimum atomic E-state index is 0.110. The van der Waals surface area contributed by atoms with E-state index in [9.17, 15) is 4.79 Å². The normalized spacial score (nSPS) is 18.2. The van der Waals surface area contributed by atoms with E-state index in [1.165, 1.54) is 37.4 Å². The van der Waals surface area contributed by atoms with Crippen molar-refractivity contribution in [3.8, 4) is 0 Å². The van der Waals surface area contributed by atoms with Crippen LogP contribution in [-0.4, -0.2) is 40.8 Å². The molecule has 1 aliphatic heterocycles.